The van der Waals surface area contributed by atoms with Crippen LogP contribution in [0.2, 0.25) is 5.15 Å². The molecule has 7 aromatic rings. The Morgan fingerprint density at radius 3 is 1.55 bits per heavy atom. The first-order valence-electron chi connectivity index (χ1n) is 22.0. The number of rotatable bonds is 10. The average molecular weight is 958 g/mol. The molecule has 0 radical (unpaired) electrons. The Bertz CT molecular complexity index is 2520. The summed E-state index contributed by atoms with van der Waals surface area (Å²) in [7, 11) is 0. The maximum Gasteiger partial charge on any atom is 0.227 e. The fraction of sp³-hybridized carbons (Fsp3) is 0.280. The predicted octanol–water partition coefficient (Wildman–Crippen LogP) is 9.98. The lowest BCUT2D eigenvalue weighted by atomic mass is 10.1. The van der Waals surface area contributed by atoms with Crippen LogP contribution < -0.4 is 31.9 Å². The fourth-order valence-corrected chi connectivity index (χ4v) is 7.99. The van der Waals surface area contributed by atoms with E-state index in [0.717, 1.165) is 115 Å². The van der Waals surface area contributed by atoms with E-state index in [0.29, 0.717) is 11.1 Å². The van der Waals surface area contributed by atoms with Gasteiger partial charge < -0.3 is 46.1 Å². The molecular weight excluding hydrogens is 904 g/mol. The summed E-state index contributed by atoms with van der Waals surface area (Å²) in [5.74, 6) is 0.621. The Morgan fingerprint density at radius 2 is 1.08 bits per heavy atom. The molecule has 336 valence electrons. The standard InChI is InChI=1S/C19H18BrN3O.C16H20N4O.C15H16ClN3O/c20-16-7-8-17(19-15(16)2-1-9-22-19)23-14-5-3-13(4-6-14)18-12-21-10-11-24-18;1-2-12-9-18-16(19-10-12)20-14-5-3-13(4-6-14)15-11-17-7-8-21-15;16-15-6-5-13(9-18-15)19-12-3-1-11(2-4-12)14-10-17-7-8-20-14/h1-9,18,21,23H,10-12H2;3-6,9-10,15,17H,2,7-8,11H2,1H3,(H,18,19,20);1-6,9,14,17,19H,7-8,10H2/t18-;15-;14-/m100/s1. The molecule has 3 fully saturated rings. The highest BCUT2D eigenvalue weighted by molar-refractivity contribution is 9.10. The van der Waals surface area contributed by atoms with Crippen LogP contribution >= 0.6 is 27.5 Å². The number of nitrogens with zero attached hydrogens (tertiary/aromatic N) is 4. The summed E-state index contributed by atoms with van der Waals surface area (Å²) in [6, 6.07) is 36.7. The second kappa shape index (κ2) is 23.6. The van der Waals surface area contributed by atoms with Crippen molar-refractivity contribution in [3.63, 3.8) is 0 Å². The van der Waals surface area contributed by atoms with Crippen molar-refractivity contribution in [1.29, 1.82) is 0 Å². The van der Waals surface area contributed by atoms with E-state index in [2.05, 4.69) is 129 Å². The molecule has 3 aliphatic rings. The van der Waals surface area contributed by atoms with Gasteiger partial charge in [0.2, 0.25) is 5.95 Å². The zero-order chi connectivity index (χ0) is 44.6. The van der Waals surface area contributed by atoms with Gasteiger partial charge in [-0.25, -0.2) is 15.0 Å². The van der Waals surface area contributed by atoms with Gasteiger partial charge in [0.1, 0.15) is 5.15 Å². The van der Waals surface area contributed by atoms with Crippen LogP contribution in [-0.4, -0.2) is 79.0 Å². The fourth-order valence-electron chi connectivity index (χ4n) is 7.42. The Labute approximate surface area is 393 Å². The minimum Gasteiger partial charge on any atom is -0.371 e. The van der Waals surface area contributed by atoms with Gasteiger partial charge in [-0.2, -0.15) is 0 Å². The number of hydrogen-bond acceptors (Lipinski definition) is 13. The summed E-state index contributed by atoms with van der Waals surface area (Å²) in [4.78, 5) is 17.1. The molecule has 0 amide bonds. The lowest BCUT2D eigenvalue weighted by Gasteiger charge is -2.24. The molecule has 13 nitrogen and oxygen atoms in total. The molecule has 3 saturated heterocycles. The van der Waals surface area contributed by atoms with Gasteiger partial charge in [-0.3, -0.25) is 4.98 Å². The van der Waals surface area contributed by atoms with Crippen molar-refractivity contribution in [2.75, 3.05) is 75.0 Å². The van der Waals surface area contributed by atoms with Crippen LogP contribution in [0.25, 0.3) is 10.9 Å². The zero-order valence-electron chi connectivity index (χ0n) is 36.3. The van der Waals surface area contributed by atoms with Crippen LogP contribution in [0.15, 0.2) is 138 Å². The molecule has 0 aliphatic carbocycles. The van der Waals surface area contributed by atoms with Crippen LogP contribution in [0.4, 0.5) is 34.4 Å². The van der Waals surface area contributed by atoms with Gasteiger partial charge in [0.25, 0.3) is 0 Å². The number of aryl methyl sites for hydroxylation is 1. The minimum absolute atomic E-state index is 0.142. The van der Waals surface area contributed by atoms with E-state index in [1.165, 1.54) is 16.7 Å². The monoisotopic (exact) mass is 956 g/mol. The SMILES string of the molecule is Brc1ccc(Nc2ccc([C@H]3CNCCO3)cc2)c2ncccc12.CCc1cnc(Nc2ccc([C@@H]3CNCCO3)cc2)nc1.Clc1ccc(Nc2ccc([C@@H]3CNCCO3)cc2)cn1. The summed E-state index contributed by atoms with van der Waals surface area (Å²) in [5, 5.41) is 21.6. The van der Waals surface area contributed by atoms with Crippen molar-refractivity contribution in [1.82, 2.24) is 35.9 Å². The van der Waals surface area contributed by atoms with E-state index < -0.39 is 0 Å². The first-order chi connectivity index (χ1) is 32.0. The van der Waals surface area contributed by atoms with Crippen LogP contribution in [0, 0.1) is 0 Å². The van der Waals surface area contributed by atoms with Gasteiger partial charge in [0, 0.05) is 84.8 Å². The molecule has 0 bridgehead atoms. The minimum atomic E-state index is 0.142. The van der Waals surface area contributed by atoms with Crippen molar-refractivity contribution in [3.8, 4) is 0 Å². The van der Waals surface area contributed by atoms with Gasteiger partial charge in [-0.15, -0.1) is 0 Å². The molecular formula is C50H54BrClN10O3. The van der Waals surface area contributed by atoms with Gasteiger partial charge >= 0.3 is 0 Å². The number of fused-ring (bicyclic) bond motifs is 1. The highest BCUT2D eigenvalue weighted by Gasteiger charge is 2.18. The molecule has 3 aromatic heterocycles. The molecule has 0 spiro atoms. The van der Waals surface area contributed by atoms with Crippen molar-refractivity contribution < 1.29 is 14.2 Å². The number of pyridine rings is 2. The molecule has 65 heavy (non-hydrogen) atoms. The molecule has 6 N–H and O–H groups in total. The zero-order valence-corrected chi connectivity index (χ0v) is 38.6. The third-order valence-corrected chi connectivity index (χ3v) is 11.9. The summed E-state index contributed by atoms with van der Waals surface area (Å²) in [6.45, 7) is 9.79. The normalized spacial score (nSPS) is 18.3. The lowest BCUT2D eigenvalue weighted by molar-refractivity contribution is 0.0276. The topological polar surface area (TPSA) is 151 Å². The molecule has 10 rings (SSSR count). The highest BCUT2D eigenvalue weighted by Crippen LogP contribution is 2.31. The molecule has 0 saturated carbocycles. The van der Waals surface area contributed by atoms with E-state index in [1.807, 2.05) is 67.1 Å². The van der Waals surface area contributed by atoms with Crippen LogP contribution in [-0.2, 0) is 20.6 Å². The third-order valence-electron chi connectivity index (χ3n) is 11.0. The van der Waals surface area contributed by atoms with Crippen LogP contribution in [0.1, 0.15) is 47.5 Å². The second-order valence-corrected chi connectivity index (χ2v) is 16.8. The van der Waals surface area contributed by atoms with Crippen molar-refractivity contribution in [2.24, 2.45) is 0 Å². The molecule has 3 aliphatic heterocycles. The first kappa shape index (κ1) is 46.0. The van der Waals surface area contributed by atoms with Crippen LogP contribution in [0.5, 0.6) is 0 Å². The quantitative estimate of drug-likeness (QED) is 0.0723. The number of ether oxygens (including phenoxy) is 3. The number of anilines is 6. The van der Waals surface area contributed by atoms with Crippen LogP contribution in [0.3, 0.4) is 0 Å². The maximum atomic E-state index is 5.79. The summed E-state index contributed by atoms with van der Waals surface area (Å²) < 4.78 is 18.3. The van der Waals surface area contributed by atoms with E-state index in [-0.39, 0.29) is 18.3 Å². The number of hydrogen-bond donors (Lipinski definition) is 6. The van der Waals surface area contributed by atoms with Crippen molar-refractivity contribution in [2.45, 2.75) is 31.7 Å². The Hall–Kier alpha value is -5.55. The number of morpholine rings is 3. The van der Waals surface area contributed by atoms with Crippen molar-refractivity contribution in [3.05, 3.63) is 166 Å². The Morgan fingerprint density at radius 1 is 0.569 bits per heavy atom. The van der Waals surface area contributed by atoms with Gasteiger partial charge in [-0.05, 0) is 95.4 Å². The lowest BCUT2D eigenvalue weighted by Crippen LogP contribution is -2.33. The molecule has 0 unspecified atom stereocenters. The number of halogens is 2. The van der Waals surface area contributed by atoms with Gasteiger partial charge in [-0.1, -0.05) is 76.9 Å². The predicted molar refractivity (Wildman–Crippen MR) is 264 cm³/mol. The maximum absolute atomic E-state index is 5.79. The highest BCUT2D eigenvalue weighted by atomic mass is 79.9. The van der Waals surface area contributed by atoms with Gasteiger partial charge in [0.05, 0.1) is 61.2 Å². The third kappa shape index (κ3) is 13.3. The molecule has 4 aromatic carbocycles. The number of aromatic nitrogens is 4. The first-order valence-corrected chi connectivity index (χ1v) is 23.2. The average Bonchev–Trinajstić information content (AvgIpc) is 3.38. The largest absolute Gasteiger partial charge is 0.371 e. The van der Waals surface area contributed by atoms with E-state index >= 15 is 0 Å². The number of benzene rings is 4. The second-order valence-electron chi connectivity index (χ2n) is 15.6. The molecule has 15 heteroatoms. The molecule has 6 heterocycles. The number of nitrogens with one attached hydrogen (secondary N) is 6. The summed E-state index contributed by atoms with van der Waals surface area (Å²) in [6.07, 6.45) is 8.62. The Balaban J connectivity index is 0.000000134. The van der Waals surface area contributed by atoms with E-state index in [4.69, 9.17) is 25.8 Å². The van der Waals surface area contributed by atoms with Crippen molar-refractivity contribution >= 4 is 72.8 Å². The summed E-state index contributed by atoms with van der Waals surface area (Å²) >= 11 is 9.35. The van der Waals surface area contributed by atoms with Gasteiger partial charge in [0.15, 0.2) is 0 Å². The smallest absolute Gasteiger partial charge is 0.227 e. The summed E-state index contributed by atoms with van der Waals surface area (Å²) in [5.41, 5.74) is 10.6. The Kier molecular flexibility index (Phi) is 16.7. The van der Waals surface area contributed by atoms with E-state index in [9.17, 15) is 0 Å². The molecule has 3 atom stereocenters. The van der Waals surface area contributed by atoms with E-state index in [1.54, 1.807) is 12.3 Å².